The lowest BCUT2D eigenvalue weighted by Gasteiger charge is -2.28. The largest absolute Gasteiger partial charge is 0.353 e. The van der Waals surface area contributed by atoms with Crippen LogP contribution in [-0.2, 0) is 4.79 Å². The fraction of sp³-hybridized carbons (Fsp3) is 0.938. The van der Waals surface area contributed by atoms with E-state index in [2.05, 4.69) is 17.6 Å². The first kappa shape index (κ1) is 14.8. The molecule has 2 aliphatic rings. The summed E-state index contributed by atoms with van der Waals surface area (Å²) >= 11 is 0. The van der Waals surface area contributed by atoms with E-state index < -0.39 is 0 Å². The molecule has 3 nitrogen and oxygen atoms in total. The minimum Gasteiger partial charge on any atom is -0.353 e. The van der Waals surface area contributed by atoms with Crippen molar-refractivity contribution in [3.63, 3.8) is 0 Å². The van der Waals surface area contributed by atoms with Crippen molar-refractivity contribution >= 4 is 5.91 Å². The lowest BCUT2D eigenvalue weighted by atomic mass is 9.84. The Kier molecular flexibility index (Phi) is 6.15. The van der Waals surface area contributed by atoms with Gasteiger partial charge in [-0.1, -0.05) is 13.3 Å². The van der Waals surface area contributed by atoms with E-state index in [-0.39, 0.29) is 0 Å². The van der Waals surface area contributed by atoms with Crippen molar-refractivity contribution in [3.05, 3.63) is 0 Å². The third-order valence-corrected chi connectivity index (χ3v) is 5.03. The molecule has 0 atom stereocenters. The molecule has 2 fully saturated rings. The Labute approximate surface area is 117 Å². The van der Waals surface area contributed by atoms with Gasteiger partial charge in [-0.05, 0) is 69.9 Å². The second-order valence-electron chi connectivity index (χ2n) is 6.43. The third kappa shape index (κ3) is 5.13. The molecule has 1 saturated heterocycles. The van der Waals surface area contributed by atoms with Gasteiger partial charge in [0.05, 0.1) is 0 Å². The van der Waals surface area contributed by atoms with Gasteiger partial charge in [-0.3, -0.25) is 4.79 Å². The van der Waals surface area contributed by atoms with Gasteiger partial charge >= 0.3 is 0 Å². The standard InChI is InChI=1S/C16H30N2O/c1-2-13-3-6-15(7-4-13)18-16(19)8-5-14-9-11-17-12-10-14/h13-15,17H,2-12H2,1H3,(H,18,19). The Morgan fingerprint density at radius 2 is 1.74 bits per heavy atom. The summed E-state index contributed by atoms with van der Waals surface area (Å²) in [6, 6.07) is 0.461. The molecule has 1 amide bonds. The van der Waals surface area contributed by atoms with Gasteiger partial charge < -0.3 is 10.6 Å². The first-order valence-corrected chi connectivity index (χ1v) is 8.28. The van der Waals surface area contributed by atoms with Gasteiger partial charge in [-0.2, -0.15) is 0 Å². The minimum atomic E-state index is 0.290. The molecule has 0 aromatic heterocycles. The Hall–Kier alpha value is -0.570. The molecule has 2 rings (SSSR count). The van der Waals surface area contributed by atoms with E-state index in [0.717, 1.165) is 37.8 Å². The maximum atomic E-state index is 12.0. The molecule has 0 radical (unpaired) electrons. The van der Waals surface area contributed by atoms with Crippen LogP contribution < -0.4 is 10.6 Å². The molecule has 1 aliphatic heterocycles. The van der Waals surface area contributed by atoms with Gasteiger partial charge in [0.25, 0.3) is 0 Å². The first-order valence-electron chi connectivity index (χ1n) is 8.28. The fourth-order valence-corrected chi connectivity index (χ4v) is 3.52. The van der Waals surface area contributed by atoms with E-state index in [1.807, 2.05) is 0 Å². The van der Waals surface area contributed by atoms with Crippen LogP contribution in [0.3, 0.4) is 0 Å². The number of rotatable bonds is 5. The molecule has 1 saturated carbocycles. The highest BCUT2D eigenvalue weighted by Gasteiger charge is 2.21. The Balaban J connectivity index is 1.59. The highest BCUT2D eigenvalue weighted by atomic mass is 16.1. The quantitative estimate of drug-likeness (QED) is 0.803. The average molecular weight is 266 g/mol. The van der Waals surface area contributed by atoms with E-state index in [4.69, 9.17) is 0 Å². The molecule has 19 heavy (non-hydrogen) atoms. The topological polar surface area (TPSA) is 41.1 Å². The Bertz CT molecular complexity index is 266. The number of carbonyl (C=O) groups excluding carboxylic acids is 1. The summed E-state index contributed by atoms with van der Waals surface area (Å²) in [4.78, 5) is 12.0. The van der Waals surface area contributed by atoms with Crippen molar-refractivity contribution in [2.24, 2.45) is 11.8 Å². The molecular weight excluding hydrogens is 236 g/mol. The zero-order chi connectivity index (χ0) is 13.5. The van der Waals surface area contributed by atoms with Crippen LogP contribution in [0.5, 0.6) is 0 Å². The van der Waals surface area contributed by atoms with E-state index in [1.165, 1.54) is 44.9 Å². The van der Waals surface area contributed by atoms with Crippen molar-refractivity contribution in [1.82, 2.24) is 10.6 Å². The van der Waals surface area contributed by atoms with E-state index in [0.29, 0.717) is 11.9 Å². The van der Waals surface area contributed by atoms with Crippen LogP contribution in [0.4, 0.5) is 0 Å². The molecule has 0 bridgehead atoms. The van der Waals surface area contributed by atoms with Crippen LogP contribution in [0.1, 0.15) is 64.7 Å². The first-order chi connectivity index (χ1) is 9.28. The molecular formula is C16H30N2O. The van der Waals surface area contributed by atoms with E-state index in [9.17, 15) is 4.79 Å². The smallest absolute Gasteiger partial charge is 0.220 e. The predicted molar refractivity (Wildman–Crippen MR) is 79.0 cm³/mol. The van der Waals surface area contributed by atoms with Gasteiger partial charge in [0.2, 0.25) is 5.91 Å². The predicted octanol–water partition coefficient (Wildman–Crippen LogP) is 2.85. The third-order valence-electron chi connectivity index (χ3n) is 5.03. The molecule has 3 heteroatoms. The second kappa shape index (κ2) is 7.88. The van der Waals surface area contributed by atoms with Crippen LogP contribution in [0, 0.1) is 11.8 Å². The van der Waals surface area contributed by atoms with Crippen molar-refractivity contribution in [3.8, 4) is 0 Å². The van der Waals surface area contributed by atoms with Crippen molar-refractivity contribution in [1.29, 1.82) is 0 Å². The Morgan fingerprint density at radius 1 is 1.05 bits per heavy atom. The fourth-order valence-electron chi connectivity index (χ4n) is 3.52. The second-order valence-corrected chi connectivity index (χ2v) is 6.43. The van der Waals surface area contributed by atoms with Crippen LogP contribution in [0.15, 0.2) is 0 Å². The number of hydrogen-bond donors (Lipinski definition) is 2. The van der Waals surface area contributed by atoms with Crippen LogP contribution >= 0.6 is 0 Å². The maximum absolute atomic E-state index is 12.0. The molecule has 0 unspecified atom stereocenters. The van der Waals surface area contributed by atoms with Crippen LogP contribution in [-0.4, -0.2) is 25.0 Å². The zero-order valence-corrected chi connectivity index (χ0v) is 12.4. The highest BCUT2D eigenvalue weighted by molar-refractivity contribution is 5.76. The van der Waals surface area contributed by atoms with Gasteiger partial charge in [-0.15, -0.1) is 0 Å². The molecule has 0 spiro atoms. The summed E-state index contributed by atoms with van der Waals surface area (Å²) in [7, 11) is 0. The molecule has 2 N–H and O–H groups in total. The number of nitrogens with one attached hydrogen (secondary N) is 2. The van der Waals surface area contributed by atoms with Gasteiger partial charge in [-0.25, -0.2) is 0 Å². The van der Waals surface area contributed by atoms with Crippen molar-refractivity contribution in [2.75, 3.05) is 13.1 Å². The normalized spacial score (nSPS) is 29.1. The van der Waals surface area contributed by atoms with Crippen molar-refractivity contribution in [2.45, 2.75) is 70.8 Å². The molecule has 0 aromatic carbocycles. The Morgan fingerprint density at radius 3 is 2.37 bits per heavy atom. The van der Waals surface area contributed by atoms with Gasteiger partial charge in [0.15, 0.2) is 0 Å². The monoisotopic (exact) mass is 266 g/mol. The minimum absolute atomic E-state index is 0.290. The number of hydrogen-bond acceptors (Lipinski definition) is 2. The molecule has 0 aromatic rings. The van der Waals surface area contributed by atoms with Gasteiger partial charge in [0.1, 0.15) is 0 Å². The molecule has 1 aliphatic carbocycles. The summed E-state index contributed by atoms with van der Waals surface area (Å²) < 4.78 is 0. The summed E-state index contributed by atoms with van der Waals surface area (Å²) in [6.07, 6.45) is 10.6. The molecule has 110 valence electrons. The van der Waals surface area contributed by atoms with E-state index >= 15 is 0 Å². The molecule has 1 heterocycles. The summed E-state index contributed by atoms with van der Waals surface area (Å²) in [5.74, 6) is 1.96. The van der Waals surface area contributed by atoms with Crippen molar-refractivity contribution < 1.29 is 4.79 Å². The van der Waals surface area contributed by atoms with Gasteiger partial charge in [0, 0.05) is 12.5 Å². The summed E-state index contributed by atoms with van der Waals surface area (Å²) in [5.41, 5.74) is 0. The summed E-state index contributed by atoms with van der Waals surface area (Å²) in [5, 5.41) is 6.63. The van der Waals surface area contributed by atoms with E-state index in [1.54, 1.807) is 0 Å². The maximum Gasteiger partial charge on any atom is 0.220 e. The summed E-state index contributed by atoms with van der Waals surface area (Å²) in [6.45, 7) is 4.54. The SMILES string of the molecule is CCC1CCC(NC(=O)CCC2CCNCC2)CC1. The lowest BCUT2D eigenvalue weighted by molar-refractivity contribution is -0.122. The number of amides is 1. The lowest BCUT2D eigenvalue weighted by Crippen LogP contribution is -2.38. The average Bonchev–Trinajstić information content (AvgIpc) is 2.47. The zero-order valence-electron chi connectivity index (χ0n) is 12.4. The highest BCUT2D eigenvalue weighted by Crippen LogP contribution is 2.26. The number of carbonyl (C=O) groups is 1. The van der Waals surface area contributed by atoms with Crippen LogP contribution in [0.25, 0.3) is 0 Å². The number of piperidine rings is 1. The van der Waals surface area contributed by atoms with Crippen LogP contribution in [0.2, 0.25) is 0 Å².